The molecule has 4 heteroatoms. The molecular formula is C10H11N3O. The van der Waals surface area contributed by atoms with Crippen molar-refractivity contribution < 1.29 is 5.11 Å². The molecule has 0 bridgehead atoms. The smallest absolute Gasteiger partial charge is 0.138 e. The van der Waals surface area contributed by atoms with Crippen molar-refractivity contribution in [3.8, 4) is 17.0 Å². The fraction of sp³-hybridized carbons (Fsp3) is 0.100. The molecule has 72 valence electrons. The number of nitrogens with two attached hydrogens (primary N) is 1. The molecule has 0 amide bonds. The van der Waals surface area contributed by atoms with E-state index in [0.717, 1.165) is 17.1 Å². The number of H-pyrrole nitrogens is 1. The third kappa shape index (κ3) is 1.42. The molecule has 0 aliphatic carbocycles. The summed E-state index contributed by atoms with van der Waals surface area (Å²) in [5.41, 5.74) is 7.77. The van der Waals surface area contributed by atoms with Gasteiger partial charge in [0.1, 0.15) is 11.6 Å². The van der Waals surface area contributed by atoms with Gasteiger partial charge in [-0.3, -0.25) is 0 Å². The van der Waals surface area contributed by atoms with E-state index in [1.165, 1.54) is 0 Å². The Labute approximate surface area is 81.4 Å². The van der Waals surface area contributed by atoms with E-state index in [1.54, 1.807) is 24.4 Å². The average molecular weight is 189 g/mol. The number of aromatic amines is 1. The molecule has 2 aromatic rings. The number of aromatic nitrogens is 2. The first-order chi connectivity index (χ1) is 6.66. The number of nitrogens with zero attached hydrogens (tertiary/aromatic N) is 1. The molecule has 0 aliphatic rings. The molecule has 0 fully saturated rings. The van der Waals surface area contributed by atoms with Crippen molar-refractivity contribution in [1.82, 2.24) is 9.97 Å². The minimum atomic E-state index is 0.102. The van der Waals surface area contributed by atoms with Crippen LogP contribution in [0.2, 0.25) is 0 Å². The van der Waals surface area contributed by atoms with E-state index in [2.05, 4.69) is 9.97 Å². The lowest BCUT2D eigenvalue weighted by atomic mass is 10.1. The Morgan fingerprint density at radius 2 is 2.21 bits per heavy atom. The summed E-state index contributed by atoms with van der Waals surface area (Å²) in [5, 5.41) is 9.24. The maximum Gasteiger partial charge on any atom is 0.138 e. The molecule has 0 spiro atoms. The number of aromatic hydroxyl groups is 1. The van der Waals surface area contributed by atoms with E-state index in [0.29, 0.717) is 5.69 Å². The summed E-state index contributed by atoms with van der Waals surface area (Å²) >= 11 is 0. The number of phenolic OH excluding ortho intramolecular Hbond substituents is 1. The molecular weight excluding hydrogens is 178 g/mol. The highest BCUT2D eigenvalue weighted by molar-refractivity contribution is 5.67. The van der Waals surface area contributed by atoms with Crippen LogP contribution in [0.1, 0.15) is 5.82 Å². The van der Waals surface area contributed by atoms with Crippen LogP contribution in [0.5, 0.6) is 5.75 Å². The summed E-state index contributed by atoms with van der Waals surface area (Å²) in [6.07, 6.45) is 1.74. The first-order valence-corrected chi connectivity index (χ1v) is 4.27. The molecule has 0 aliphatic heterocycles. The highest BCUT2D eigenvalue weighted by Crippen LogP contribution is 2.26. The van der Waals surface area contributed by atoms with Crippen molar-refractivity contribution in [1.29, 1.82) is 0 Å². The van der Waals surface area contributed by atoms with E-state index in [1.807, 2.05) is 6.92 Å². The number of phenols is 1. The first kappa shape index (κ1) is 8.62. The highest BCUT2D eigenvalue weighted by Gasteiger charge is 2.03. The molecule has 1 heterocycles. The number of anilines is 1. The Morgan fingerprint density at radius 3 is 2.79 bits per heavy atom. The third-order valence-corrected chi connectivity index (χ3v) is 2.04. The Hall–Kier alpha value is -1.97. The van der Waals surface area contributed by atoms with Gasteiger partial charge in [0.2, 0.25) is 0 Å². The van der Waals surface area contributed by atoms with E-state index in [9.17, 15) is 5.11 Å². The maximum absolute atomic E-state index is 9.24. The summed E-state index contributed by atoms with van der Waals surface area (Å²) in [7, 11) is 0. The summed E-state index contributed by atoms with van der Waals surface area (Å²) in [6.45, 7) is 1.88. The second-order valence-electron chi connectivity index (χ2n) is 3.16. The van der Waals surface area contributed by atoms with Gasteiger partial charge in [-0.2, -0.15) is 0 Å². The summed E-state index contributed by atoms with van der Waals surface area (Å²) in [5.74, 6) is 0.955. The minimum absolute atomic E-state index is 0.102. The van der Waals surface area contributed by atoms with E-state index in [-0.39, 0.29) is 5.75 Å². The van der Waals surface area contributed by atoms with Crippen LogP contribution < -0.4 is 5.73 Å². The van der Waals surface area contributed by atoms with Gasteiger partial charge in [0, 0.05) is 5.56 Å². The predicted octanol–water partition coefficient (Wildman–Crippen LogP) is 1.67. The monoisotopic (exact) mass is 189 g/mol. The Bertz CT molecular complexity index is 462. The minimum Gasteiger partial charge on any atom is -0.506 e. The average Bonchev–Trinajstić information content (AvgIpc) is 2.57. The molecule has 4 N–H and O–H groups in total. The van der Waals surface area contributed by atoms with Crippen LogP contribution in [-0.2, 0) is 0 Å². The van der Waals surface area contributed by atoms with E-state index < -0.39 is 0 Å². The number of imidazole rings is 1. The largest absolute Gasteiger partial charge is 0.506 e. The SMILES string of the molecule is Cc1ncc(-c2ccc(O)c(N)c2)[nH]1. The van der Waals surface area contributed by atoms with Crippen molar-refractivity contribution >= 4 is 5.69 Å². The second kappa shape index (κ2) is 3.06. The van der Waals surface area contributed by atoms with E-state index >= 15 is 0 Å². The van der Waals surface area contributed by atoms with Gasteiger partial charge in [0.25, 0.3) is 0 Å². The quantitative estimate of drug-likeness (QED) is 0.472. The normalized spacial score (nSPS) is 10.4. The Balaban J connectivity index is 2.47. The lowest BCUT2D eigenvalue weighted by Crippen LogP contribution is -1.86. The van der Waals surface area contributed by atoms with Gasteiger partial charge < -0.3 is 15.8 Å². The summed E-state index contributed by atoms with van der Waals surface area (Å²) < 4.78 is 0. The first-order valence-electron chi connectivity index (χ1n) is 4.27. The van der Waals surface area contributed by atoms with Crippen LogP contribution in [0.25, 0.3) is 11.3 Å². The van der Waals surface area contributed by atoms with Crippen LogP contribution in [0.15, 0.2) is 24.4 Å². The Kier molecular flexibility index (Phi) is 1.89. The van der Waals surface area contributed by atoms with Crippen molar-refractivity contribution in [3.63, 3.8) is 0 Å². The van der Waals surface area contributed by atoms with Gasteiger partial charge in [-0.25, -0.2) is 4.98 Å². The molecule has 0 saturated heterocycles. The number of benzene rings is 1. The topological polar surface area (TPSA) is 74.9 Å². The van der Waals surface area contributed by atoms with Crippen LogP contribution in [0, 0.1) is 6.92 Å². The Morgan fingerprint density at radius 1 is 1.43 bits per heavy atom. The standard InChI is InChI=1S/C10H11N3O/c1-6-12-5-9(13-6)7-2-3-10(14)8(11)4-7/h2-5,14H,11H2,1H3,(H,12,13). The lowest BCUT2D eigenvalue weighted by molar-refractivity contribution is 0.478. The maximum atomic E-state index is 9.24. The summed E-state index contributed by atoms with van der Waals surface area (Å²) in [6, 6.07) is 5.07. The van der Waals surface area contributed by atoms with Crippen molar-refractivity contribution in [2.24, 2.45) is 0 Å². The number of rotatable bonds is 1. The van der Waals surface area contributed by atoms with Gasteiger partial charge in [-0.05, 0) is 25.1 Å². The molecule has 14 heavy (non-hydrogen) atoms. The molecule has 0 atom stereocenters. The van der Waals surface area contributed by atoms with Crippen LogP contribution in [-0.4, -0.2) is 15.1 Å². The van der Waals surface area contributed by atoms with Gasteiger partial charge in [0.15, 0.2) is 0 Å². The fourth-order valence-electron chi connectivity index (χ4n) is 1.29. The van der Waals surface area contributed by atoms with Crippen LogP contribution in [0.3, 0.4) is 0 Å². The number of hydrogen-bond donors (Lipinski definition) is 3. The molecule has 4 nitrogen and oxygen atoms in total. The zero-order valence-corrected chi connectivity index (χ0v) is 7.78. The van der Waals surface area contributed by atoms with Gasteiger partial charge in [0.05, 0.1) is 17.6 Å². The fourth-order valence-corrected chi connectivity index (χ4v) is 1.29. The van der Waals surface area contributed by atoms with Crippen molar-refractivity contribution in [2.75, 3.05) is 5.73 Å². The number of aryl methyl sites for hydroxylation is 1. The lowest BCUT2D eigenvalue weighted by Gasteiger charge is -2.01. The zero-order valence-electron chi connectivity index (χ0n) is 7.78. The van der Waals surface area contributed by atoms with E-state index in [4.69, 9.17) is 5.73 Å². The van der Waals surface area contributed by atoms with Crippen LogP contribution >= 0.6 is 0 Å². The second-order valence-corrected chi connectivity index (χ2v) is 3.16. The highest BCUT2D eigenvalue weighted by atomic mass is 16.3. The molecule has 0 unspecified atom stereocenters. The number of hydrogen-bond acceptors (Lipinski definition) is 3. The number of nitrogen functional groups attached to an aromatic ring is 1. The van der Waals surface area contributed by atoms with Crippen molar-refractivity contribution in [2.45, 2.75) is 6.92 Å². The molecule has 1 aromatic carbocycles. The van der Waals surface area contributed by atoms with Gasteiger partial charge in [-0.1, -0.05) is 0 Å². The third-order valence-electron chi connectivity index (χ3n) is 2.04. The molecule has 1 aromatic heterocycles. The molecule has 2 rings (SSSR count). The van der Waals surface area contributed by atoms with Crippen molar-refractivity contribution in [3.05, 3.63) is 30.2 Å². The van der Waals surface area contributed by atoms with Gasteiger partial charge in [-0.15, -0.1) is 0 Å². The molecule has 0 saturated carbocycles. The van der Waals surface area contributed by atoms with Gasteiger partial charge >= 0.3 is 0 Å². The van der Waals surface area contributed by atoms with Crippen LogP contribution in [0.4, 0.5) is 5.69 Å². The molecule has 0 radical (unpaired) electrons. The number of nitrogens with one attached hydrogen (secondary N) is 1. The zero-order chi connectivity index (χ0) is 10.1. The summed E-state index contributed by atoms with van der Waals surface area (Å²) in [4.78, 5) is 7.18. The predicted molar refractivity (Wildman–Crippen MR) is 54.8 cm³/mol.